The van der Waals surface area contributed by atoms with Crippen LogP contribution in [0.25, 0.3) is 0 Å². The number of aliphatic hydroxyl groups excluding tert-OH is 1. The van der Waals surface area contributed by atoms with E-state index in [9.17, 15) is 18.3 Å². The number of carbonyl (C=O) groups excluding carboxylic acids is 1. The Morgan fingerprint density at radius 2 is 1.86 bits per heavy atom. The highest BCUT2D eigenvalue weighted by Crippen LogP contribution is 2.28. The van der Waals surface area contributed by atoms with Crippen molar-refractivity contribution < 1.29 is 18.3 Å². The van der Waals surface area contributed by atoms with Crippen molar-refractivity contribution in [2.75, 3.05) is 19.6 Å². The van der Waals surface area contributed by atoms with Crippen molar-refractivity contribution in [2.45, 2.75) is 36.8 Å². The number of aliphatic hydroxyl groups is 1. The number of amides is 1. The zero-order valence-electron chi connectivity index (χ0n) is 15.9. The summed E-state index contributed by atoms with van der Waals surface area (Å²) in [7, 11) is -3.76. The molecule has 1 fully saturated rings. The first-order valence-electron chi connectivity index (χ1n) is 9.70. The van der Waals surface area contributed by atoms with Crippen LogP contribution in [0.5, 0.6) is 0 Å². The number of β-amino-alcohol motifs (C(OH)–C–C–N with tert-alkyl or cyclic N) is 1. The van der Waals surface area contributed by atoms with E-state index in [0.717, 1.165) is 11.1 Å². The lowest BCUT2D eigenvalue weighted by Gasteiger charge is -2.31. The molecular formula is C21H23ClN2O4S. The molecule has 1 unspecified atom stereocenters. The van der Waals surface area contributed by atoms with Gasteiger partial charge in [-0.2, -0.15) is 4.31 Å². The molecule has 2 heterocycles. The molecule has 8 heteroatoms. The second kappa shape index (κ2) is 8.07. The molecule has 1 amide bonds. The van der Waals surface area contributed by atoms with E-state index in [0.29, 0.717) is 38.9 Å². The maximum absolute atomic E-state index is 13.2. The molecule has 29 heavy (non-hydrogen) atoms. The van der Waals surface area contributed by atoms with Gasteiger partial charge in [-0.3, -0.25) is 4.79 Å². The lowest BCUT2D eigenvalue weighted by atomic mass is 10.0. The minimum atomic E-state index is -3.76. The van der Waals surface area contributed by atoms with Gasteiger partial charge in [0.25, 0.3) is 5.91 Å². The highest BCUT2D eigenvalue weighted by atomic mass is 35.5. The van der Waals surface area contributed by atoms with Crippen LogP contribution in [-0.2, 0) is 23.0 Å². The summed E-state index contributed by atoms with van der Waals surface area (Å²) in [4.78, 5) is 14.5. The van der Waals surface area contributed by atoms with Gasteiger partial charge in [0.2, 0.25) is 10.0 Å². The fourth-order valence-electron chi connectivity index (χ4n) is 3.96. The van der Waals surface area contributed by atoms with E-state index >= 15 is 0 Å². The number of piperidine rings is 1. The molecule has 1 saturated heterocycles. The van der Waals surface area contributed by atoms with E-state index in [2.05, 4.69) is 0 Å². The van der Waals surface area contributed by atoms with E-state index in [1.54, 1.807) is 0 Å². The van der Waals surface area contributed by atoms with Gasteiger partial charge in [-0.1, -0.05) is 35.9 Å². The molecule has 2 aromatic carbocycles. The van der Waals surface area contributed by atoms with Crippen molar-refractivity contribution in [3.8, 4) is 0 Å². The first-order chi connectivity index (χ1) is 13.9. The number of carbonyl (C=O) groups is 1. The summed E-state index contributed by atoms with van der Waals surface area (Å²) in [5, 5.41) is 10.1. The van der Waals surface area contributed by atoms with E-state index in [1.165, 1.54) is 27.4 Å². The SMILES string of the molecule is O=C(c1cc(S(=O)(=O)N2CCc3ccccc3C2)ccc1Cl)N1CCCC(O)C1. The molecule has 154 valence electrons. The summed E-state index contributed by atoms with van der Waals surface area (Å²) in [6, 6.07) is 12.1. The molecule has 0 aliphatic carbocycles. The monoisotopic (exact) mass is 434 g/mol. The lowest BCUT2D eigenvalue weighted by molar-refractivity contribution is 0.0473. The zero-order valence-corrected chi connectivity index (χ0v) is 17.5. The predicted octanol–water partition coefficient (Wildman–Crippen LogP) is 2.68. The van der Waals surface area contributed by atoms with Gasteiger partial charge in [0.1, 0.15) is 0 Å². The van der Waals surface area contributed by atoms with Crippen LogP contribution in [0.2, 0.25) is 5.02 Å². The molecule has 0 aromatic heterocycles. The van der Waals surface area contributed by atoms with Gasteiger partial charge >= 0.3 is 0 Å². The van der Waals surface area contributed by atoms with Gasteiger partial charge in [0, 0.05) is 26.2 Å². The molecule has 0 spiro atoms. The van der Waals surface area contributed by atoms with Crippen molar-refractivity contribution in [3.63, 3.8) is 0 Å². The highest BCUT2D eigenvalue weighted by molar-refractivity contribution is 7.89. The first kappa shape index (κ1) is 20.3. The average Bonchev–Trinajstić information content (AvgIpc) is 2.73. The summed E-state index contributed by atoms with van der Waals surface area (Å²) < 4.78 is 27.9. The van der Waals surface area contributed by atoms with Crippen LogP contribution in [-0.4, -0.2) is 54.4 Å². The molecule has 2 aliphatic rings. The summed E-state index contributed by atoms with van der Waals surface area (Å²) in [5.74, 6) is -0.352. The number of halogens is 1. The molecule has 1 N–H and O–H groups in total. The summed E-state index contributed by atoms with van der Waals surface area (Å²) in [6.45, 7) is 1.45. The largest absolute Gasteiger partial charge is 0.391 e. The third kappa shape index (κ3) is 4.05. The minimum Gasteiger partial charge on any atom is -0.391 e. The number of rotatable bonds is 3. The van der Waals surface area contributed by atoms with E-state index in [1.807, 2.05) is 24.3 Å². The maximum atomic E-state index is 13.2. The number of fused-ring (bicyclic) bond motifs is 1. The van der Waals surface area contributed by atoms with E-state index < -0.39 is 16.1 Å². The summed E-state index contributed by atoms with van der Waals surface area (Å²) in [5.41, 5.74) is 2.31. The highest BCUT2D eigenvalue weighted by Gasteiger charge is 2.30. The molecule has 2 aliphatic heterocycles. The molecule has 0 saturated carbocycles. The second-order valence-corrected chi connectivity index (χ2v) is 9.89. The fourth-order valence-corrected chi connectivity index (χ4v) is 5.61. The number of benzene rings is 2. The van der Waals surface area contributed by atoms with Crippen LogP contribution in [0.1, 0.15) is 34.3 Å². The van der Waals surface area contributed by atoms with Gasteiger partial charge in [-0.15, -0.1) is 0 Å². The van der Waals surface area contributed by atoms with E-state index in [4.69, 9.17) is 11.6 Å². The van der Waals surface area contributed by atoms with Crippen LogP contribution >= 0.6 is 11.6 Å². The Morgan fingerprint density at radius 1 is 1.10 bits per heavy atom. The van der Waals surface area contributed by atoms with Crippen molar-refractivity contribution in [2.24, 2.45) is 0 Å². The third-order valence-corrected chi connectivity index (χ3v) is 7.76. The Kier molecular flexibility index (Phi) is 5.66. The smallest absolute Gasteiger partial charge is 0.255 e. The van der Waals surface area contributed by atoms with Gasteiger partial charge in [-0.05, 0) is 48.6 Å². The Morgan fingerprint density at radius 3 is 2.62 bits per heavy atom. The minimum absolute atomic E-state index is 0.0576. The fraction of sp³-hybridized carbons (Fsp3) is 0.381. The van der Waals surface area contributed by atoms with Crippen molar-refractivity contribution >= 4 is 27.5 Å². The maximum Gasteiger partial charge on any atom is 0.255 e. The van der Waals surface area contributed by atoms with Gasteiger partial charge in [-0.25, -0.2) is 8.42 Å². The topological polar surface area (TPSA) is 77.9 Å². The van der Waals surface area contributed by atoms with Crippen molar-refractivity contribution in [3.05, 3.63) is 64.2 Å². The van der Waals surface area contributed by atoms with Crippen LogP contribution < -0.4 is 0 Å². The molecule has 1 atom stereocenters. The number of nitrogens with zero attached hydrogens (tertiary/aromatic N) is 2. The third-order valence-electron chi connectivity index (χ3n) is 5.59. The quantitative estimate of drug-likeness (QED) is 0.805. The second-order valence-electron chi connectivity index (χ2n) is 7.55. The number of sulfonamides is 1. The van der Waals surface area contributed by atoms with Crippen molar-refractivity contribution in [1.82, 2.24) is 9.21 Å². The molecule has 4 rings (SSSR count). The molecule has 2 aromatic rings. The summed E-state index contributed by atoms with van der Waals surface area (Å²) >= 11 is 6.23. The van der Waals surface area contributed by atoms with Crippen LogP contribution in [0.3, 0.4) is 0 Å². The standard InChI is InChI=1S/C21H23ClN2O4S/c22-20-8-7-18(12-19(20)21(26)23-10-3-6-17(25)14-23)29(27,28)24-11-9-15-4-1-2-5-16(15)13-24/h1-2,4-5,7-8,12,17,25H,3,6,9-11,13-14H2. The van der Waals surface area contributed by atoms with Crippen LogP contribution in [0.4, 0.5) is 0 Å². The molecule has 0 radical (unpaired) electrons. The van der Waals surface area contributed by atoms with Gasteiger partial charge in [0.05, 0.1) is 21.6 Å². The molecule has 0 bridgehead atoms. The summed E-state index contributed by atoms with van der Waals surface area (Å²) in [6.07, 6.45) is 1.45. The number of hydrogen-bond acceptors (Lipinski definition) is 4. The molecule has 6 nitrogen and oxygen atoms in total. The Bertz CT molecular complexity index is 1040. The predicted molar refractivity (Wildman–Crippen MR) is 110 cm³/mol. The Balaban J connectivity index is 1.62. The Labute approximate surface area is 175 Å². The normalized spacial score (nSPS) is 20.3. The van der Waals surface area contributed by atoms with Crippen LogP contribution in [0.15, 0.2) is 47.4 Å². The van der Waals surface area contributed by atoms with Crippen LogP contribution in [0, 0.1) is 0 Å². The number of hydrogen-bond donors (Lipinski definition) is 1. The van der Waals surface area contributed by atoms with Gasteiger partial charge < -0.3 is 10.0 Å². The molecular weight excluding hydrogens is 412 g/mol. The zero-order chi connectivity index (χ0) is 20.6. The number of likely N-dealkylation sites (tertiary alicyclic amines) is 1. The lowest BCUT2D eigenvalue weighted by Crippen LogP contribution is -2.42. The van der Waals surface area contributed by atoms with E-state index in [-0.39, 0.29) is 27.9 Å². The van der Waals surface area contributed by atoms with Crippen molar-refractivity contribution in [1.29, 1.82) is 0 Å². The van der Waals surface area contributed by atoms with Gasteiger partial charge in [0.15, 0.2) is 0 Å². The Hall–Kier alpha value is -1.93. The average molecular weight is 435 g/mol. The first-order valence-corrected chi connectivity index (χ1v) is 11.5.